The van der Waals surface area contributed by atoms with Gasteiger partial charge in [-0.05, 0) is 19.8 Å². The number of hydrogen-bond acceptors (Lipinski definition) is 3. The lowest BCUT2D eigenvalue weighted by molar-refractivity contribution is -0.117. The van der Waals surface area contributed by atoms with Gasteiger partial charge in [-0.15, -0.1) is 0 Å². The number of carbonyl (C=O) groups is 1. The number of nitrogens with one attached hydrogen (secondary N) is 1. The molecule has 1 aliphatic carbocycles. The summed E-state index contributed by atoms with van der Waals surface area (Å²) in [5, 5.41) is 10.7. The number of anilines is 1. The molecule has 2 aromatic heterocycles. The third kappa shape index (κ3) is 3.21. The summed E-state index contributed by atoms with van der Waals surface area (Å²) in [6, 6.07) is 0. The maximum atomic E-state index is 13.0. The van der Waals surface area contributed by atoms with E-state index < -0.39 is 12.1 Å². The van der Waals surface area contributed by atoms with Crippen molar-refractivity contribution in [3.8, 4) is 0 Å². The van der Waals surface area contributed by atoms with Gasteiger partial charge >= 0.3 is 0 Å². The topological polar surface area (TPSA) is 64.7 Å². The van der Waals surface area contributed by atoms with Crippen LogP contribution in [-0.2, 0) is 18.4 Å². The normalized spacial score (nSPS) is 14.5. The van der Waals surface area contributed by atoms with Crippen LogP contribution in [0.15, 0.2) is 6.20 Å². The number of amides is 1. The van der Waals surface area contributed by atoms with E-state index in [1.807, 2.05) is 0 Å². The molecule has 6 nitrogen and oxygen atoms in total. The molecular weight excluding hydrogens is 328 g/mol. The number of carbonyl (C=O) groups excluding carboxylic acids is 1. The van der Waals surface area contributed by atoms with Crippen molar-refractivity contribution in [2.24, 2.45) is 7.05 Å². The Kier molecular flexibility index (Phi) is 4.09. The first kappa shape index (κ1) is 15.9. The minimum atomic E-state index is -2.76. The second kappa shape index (κ2) is 5.92. The van der Waals surface area contributed by atoms with Crippen molar-refractivity contribution in [1.82, 2.24) is 19.6 Å². The van der Waals surface area contributed by atoms with Gasteiger partial charge < -0.3 is 5.32 Å². The molecule has 9 heteroatoms. The summed E-state index contributed by atoms with van der Waals surface area (Å²) >= 11 is 6.02. The summed E-state index contributed by atoms with van der Waals surface area (Å²) in [7, 11) is 1.75. The molecule has 1 N–H and O–H groups in total. The van der Waals surface area contributed by atoms with Crippen molar-refractivity contribution >= 4 is 23.2 Å². The average Bonchev–Trinajstić information content (AvgIpc) is 3.16. The Bertz CT molecular complexity index is 751. The van der Waals surface area contributed by atoms with E-state index >= 15 is 0 Å². The van der Waals surface area contributed by atoms with Gasteiger partial charge in [0.2, 0.25) is 5.91 Å². The Hall–Kier alpha value is -1.96. The molecule has 1 aliphatic rings. The van der Waals surface area contributed by atoms with Gasteiger partial charge in [0.05, 0.1) is 22.1 Å². The molecule has 3 rings (SSSR count). The highest BCUT2D eigenvalue weighted by molar-refractivity contribution is 6.32. The monoisotopic (exact) mass is 343 g/mol. The number of rotatable bonds is 5. The number of halogens is 3. The molecule has 2 aromatic rings. The van der Waals surface area contributed by atoms with Gasteiger partial charge in [-0.3, -0.25) is 14.2 Å². The van der Waals surface area contributed by atoms with E-state index in [4.69, 9.17) is 11.6 Å². The van der Waals surface area contributed by atoms with Gasteiger partial charge in [0.1, 0.15) is 12.2 Å². The molecule has 0 unspecified atom stereocenters. The maximum absolute atomic E-state index is 13.0. The van der Waals surface area contributed by atoms with Crippen LogP contribution < -0.4 is 5.32 Å². The van der Waals surface area contributed by atoms with Gasteiger partial charge in [-0.25, -0.2) is 8.78 Å². The molecule has 0 radical (unpaired) electrons. The van der Waals surface area contributed by atoms with Crippen molar-refractivity contribution in [3.05, 3.63) is 28.3 Å². The first-order chi connectivity index (χ1) is 10.9. The summed E-state index contributed by atoms with van der Waals surface area (Å²) in [4.78, 5) is 12.2. The third-order valence-corrected chi connectivity index (χ3v) is 4.10. The predicted molar refractivity (Wildman–Crippen MR) is 80.7 cm³/mol. The molecule has 0 saturated heterocycles. The number of alkyl halides is 2. The zero-order chi connectivity index (χ0) is 16.7. The smallest absolute Gasteiger partial charge is 0.283 e. The first-order valence-corrected chi connectivity index (χ1v) is 7.59. The zero-order valence-electron chi connectivity index (χ0n) is 12.7. The van der Waals surface area contributed by atoms with E-state index in [1.54, 1.807) is 24.9 Å². The van der Waals surface area contributed by atoms with Crippen molar-refractivity contribution < 1.29 is 13.6 Å². The van der Waals surface area contributed by atoms with E-state index in [0.717, 1.165) is 12.8 Å². The number of aromatic nitrogens is 4. The van der Waals surface area contributed by atoms with Gasteiger partial charge in [0.25, 0.3) is 6.43 Å². The lowest BCUT2D eigenvalue weighted by Gasteiger charge is -2.07. The van der Waals surface area contributed by atoms with Crippen molar-refractivity contribution in [2.75, 3.05) is 5.32 Å². The molecule has 124 valence electrons. The van der Waals surface area contributed by atoms with Crippen LogP contribution in [-0.4, -0.2) is 25.5 Å². The molecule has 2 heterocycles. The average molecular weight is 344 g/mol. The van der Waals surface area contributed by atoms with E-state index in [9.17, 15) is 13.6 Å². The summed E-state index contributed by atoms with van der Waals surface area (Å²) < 4.78 is 28.8. The molecular formula is C14H16ClF2N5O. The first-order valence-electron chi connectivity index (χ1n) is 7.21. The van der Waals surface area contributed by atoms with Gasteiger partial charge in [-0.2, -0.15) is 10.2 Å². The Morgan fingerprint density at radius 1 is 1.48 bits per heavy atom. The zero-order valence-corrected chi connectivity index (χ0v) is 13.4. The molecule has 1 fully saturated rings. The maximum Gasteiger partial charge on any atom is 0.283 e. The highest BCUT2D eigenvalue weighted by Gasteiger charge is 2.34. The van der Waals surface area contributed by atoms with Crippen LogP contribution in [0, 0.1) is 6.92 Å². The van der Waals surface area contributed by atoms with Crippen LogP contribution in [0.3, 0.4) is 0 Å². The highest BCUT2D eigenvalue weighted by Crippen LogP contribution is 2.45. The van der Waals surface area contributed by atoms with E-state index in [1.165, 1.54) is 4.68 Å². The van der Waals surface area contributed by atoms with Crippen LogP contribution >= 0.6 is 11.6 Å². The third-order valence-electron chi connectivity index (χ3n) is 3.71. The van der Waals surface area contributed by atoms with E-state index in [2.05, 4.69) is 15.5 Å². The van der Waals surface area contributed by atoms with Gasteiger partial charge in [0, 0.05) is 19.2 Å². The quantitative estimate of drug-likeness (QED) is 0.907. The second-order valence-corrected chi connectivity index (χ2v) is 6.05. The van der Waals surface area contributed by atoms with Crippen molar-refractivity contribution in [2.45, 2.75) is 38.7 Å². The van der Waals surface area contributed by atoms with E-state index in [0.29, 0.717) is 17.1 Å². The summed E-state index contributed by atoms with van der Waals surface area (Å²) in [6.07, 6.45) is 0.662. The second-order valence-electron chi connectivity index (χ2n) is 5.67. The van der Waals surface area contributed by atoms with Crippen LogP contribution in [0.2, 0.25) is 5.02 Å². The lowest BCUT2D eigenvalue weighted by atomic mass is 10.2. The summed E-state index contributed by atoms with van der Waals surface area (Å²) in [5.41, 5.74) is 1.33. The molecule has 0 spiro atoms. The van der Waals surface area contributed by atoms with Crippen LogP contribution in [0.4, 0.5) is 14.5 Å². The summed E-state index contributed by atoms with van der Waals surface area (Å²) in [5.74, 6) is -0.251. The highest BCUT2D eigenvalue weighted by atomic mass is 35.5. The standard InChI is InChI=1S/C14H16ClF2N5O/c1-7-9(5-21(2)19-7)18-10(23)6-22-13(8-3-4-8)11(15)12(20-22)14(16)17/h5,8,14H,3-4,6H2,1-2H3,(H,18,23). The Morgan fingerprint density at radius 3 is 2.70 bits per heavy atom. The molecule has 0 aromatic carbocycles. The van der Waals surface area contributed by atoms with Gasteiger partial charge in [-0.1, -0.05) is 11.6 Å². The molecule has 0 atom stereocenters. The fourth-order valence-electron chi connectivity index (χ4n) is 2.53. The Morgan fingerprint density at radius 2 is 2.17 bits per heavy atom. The number of hydrogen-bond donors (Lipinski definition) is 1. The largest absolute Gasteiger partial charge is 0.322 e. The Labute approximate surface area is 136 Å². The molecule has 0 aliphatic heterocycles. The number of aryl methyl sites for hydroxylation is 2. The van der Waals surface area contributed by atoms with Gasteiger partial charge in [0.15, 0.2) is 0 Å². The molecule has 23 heavy (non-hydrogen) atoms. The fourth-order valence-corrected chi connectivity index (χ4v) is 2.90. The van der Waals surface area contributed by atoms with E-state index in [-0.39, 0.29) is 23.4 Å². The fraction of sp³-hybridized carbons (Fsp3) is 0.500. The minimum Gasteiger partial charge on any atom is -0.322 e. The molecule has 1 amide bonds. The SMILES string of the molecule is Cc1nn(C)cc1NC(=O)Cn1nc(C(F)F)c(Cl)c1C1CC1. The minimum absolute atomic E-state index is 0.0205. The molecule has 0 bridgehead atoms. The van der Waals surface area contributed by atoms with Crippen molar-refractivity contribution in [1.29, 1.82) is 0 Å². The Balaban J connectivity index is 1.80. The van der Waals surface area contributed by atoms with Crippen LogP contribution in [0.5, 0.6) is 0 Å². The predicted octanol–water partition coefficient (Wildman–Crippen LogP) is 3.03. The summed E-state index contributed by atoms with van der Waals surface area (Å²) in [6.45, 7) is 1.61. The van der Waals surface area contributed by atoms with Crippen LogP contribution in [0.1, 0.15) is 42.3 Å². The molecule has 1 saturated carbocycles. The van der Waals surface area contributed by atoms with Crippen molar-refractivity contribution in [3.63, 3.8) is 0 Å². The van der Waals surface area contributed by atoms with Crippen LogP contribution in [0.25, 0.3) is 0 Å². The number of nitrogens with zero attached hydrogens (tertiary/aromatic N) is 4. The lowest BCUT2D eigenvalue weighted by Crippen LogP contribution is -2.21.